The van der Waals surface area contributed by atoms with Crippen LogP contribution in [0.3, 0.4) is 0 Å². The zero-order valence-corrected chi connectivity index (χ0v) is 18.5. The summed E-state index contributed by atoms with van der Waals surface area (Å²) in [6.45, 7) is -0.330. The number of nitrogens with one attached hydrogen (secondary N) is 3. The van der Waals surface area contributed by atoms with E-state index in [9.17, 15) is 29.1 Å². The fourth-order valence-electron chi connectivity index (χ4n) is 2.36. The zero-order valence-electron chi connectivity index (χ0n) is 17.7. The topological polar surface area (TPSA) is 252 Å². The fourth-order valence-corrected chi connectivity index (χ4v) is 2.83. The largest absolute Gasteiger partial charge is 0.481 e. The molecule has 3 unspecified atom stereocenters. The number of carboxylic acids is 2. The number of hydrogen-bond acceptors (Lipinski definition) is 8. The number of thioether (sulfide) groups is 1. The molecule has 0 aliphatic heterocycles. The Morgan fingerprint density at radius 3 is 2.19 bits per heavy atom. The molecule has 0 fully saturated rings. The summed E-state index contributed by atoms with van der Waals surface area (Å²) in [5, 5.41) is 24.9. The number of guanidine groups is 1. The van der Waals surface area contributed by atoms with E-state index in [1.165, 1.54) is 11.8 Å². The van der Waals surface area contributed by atoms with Gasteiger partial charge in [-0.25, -0.2) is 4.79 Å². The minimum Gasteiger partial charge on any atom is -0.481 e. The average molecular weight is 478 g/mol. The number of nitrogens with zero attached hydrogens (tertiary/aromatic N) is 1. The maximum atomic E-state index is 12.4. The summed E-state index contributed by atoms with van der Waals surface area (Å²) in [7, 11) is 0. The van der Waals surface area contributed by atoms with Crippen molar-refractivity contribution in [1.29, 1.82) is 0 Å². The molecule has 182 valence electrons. The molecule has 0 spiro atoms. The van der Waals surface area contributed by atoms with Crippen LogP contribution >= 0.6 is 11.8 Å². The van der Waals surface area contributed by atoms with Gasteiger partial charge in [-0.05, 0) is 31.3 Å². The molecule has 0 radical (unpaired) electrons. The first-order chi connectivity index (χ1) is 15.0. The van der Waals surface area contributed by atoms with Crippen LogP contribution in [0.15, 0.2) is 4.99 Å². The molecule has 15 heteroatoms. The normalized spacial score (nSPS) is 13.2. The SMILES string of the molecule is CSCCC(NC(=O)C(N)CC(=O)O)C(=O)NCC(=O)NC(CCCN=C(N)N)C(=O)O. The maximum Gasteiger partial charge on any atom is 0.326 e. The summed E-state index contributed by atoms with van der Waals surface area (Å²) in [5.41, 5.74) is 15.9. The van der Waals surface area contributed by atoms with Crippen molar-refractivity contribution >= 4 is 47.4 Å². The quantitative estimate of drug-likeness (QED) is 0.0622. The van der Waals surface area contributed by atoms with Crippen LogP contribution in [0.25, 0.3) is 0 Å². The van der Waals surface area contributed by atoms with Crippen LogP contribution in [0, 0.1) is 0 Å². The molecule has 0 saturated heterocycles. The lowest BCUT2D eigenvalue weighted by Crippen LogP contribution is -2.54. The monoisotopic (exact) mass is 477 g/mol. The van der Waals surface area contributed by atoms with Crippen LogP contribution in [0.2, 0.25) is 0 Å². The van der Waals surface area contributed by atoms with Gasteiger partial charge < -0.3 is 43.4 Å². The molecule has 11 N–H and O–H groups in total. The number of carbonyl (C=O) groups excluding carboxylic acids is 3. The lowest BCUT2D eigenvalue weighted by molar-refractivity contribution is -0.142. The smallest absolute Gasteiger partial charge is 0.326 e. The number of nitrogens with two attached hydrogens (primary N) is 3. The predicted molar refractivity (Wildman–Crippen MR) is 118 cm³/mol. The van der Waals surface area contributed by atoms with E-state index in [1.807, 2.05) is 0 Å². The van der Waals surface area contributed by atoms with Crippen molar-refractivity contribution < 1.29 is 34.2 Å². The first kappa shape index (κ1) is 28.9. The summed E-state index contributed by atoms with van der Waals surface area (Å²) in [6, 6.07) is -3.58. The van der Waals surface area contributed by atoms with Crippen molar-refractivity contribution in [2.24, 2.45) is 22.2 Å². The number of aliphatic imine (C=N–C) groups is 1. The minimum absolute atomic E-state index is 0.0691. The molecular formula is C17H31N7O7S. The summed E-state index contributed by atoms with van der Waals surface area (Å²) in [5.74, 6) is -4.40. The second kappa shape index (κ2) is 15.7. The number of carbonyl (C=O) groups is 5. The van der Waals surface area contributed by atoms with Crippen LogP contribution < -0.4 is 33.2 Å². The molecule has 0 saturated carbocycles. The summed E-state index contributed by atoms with van der Waals surface area (Å²) in [6.07, 6.45) is 1.77. The van der Waals surface area contributed by atoms with Crippen LogP contribution in [0.5, 0.6) is 0 Å². The molecule has 0 aromatic carbocycles. The molecule has 14 nitrogen and oxygen atoms in total. The Morgan fingerprint density at radius 1 is 1.00 bits per heavy atom. The van der Waals surface area contributed by atoms with E-state index in [-0.39, 0.29) is 25.3 Å². The summed E-state index contributed by atoms with van der Waals surface area (Å²) < 4.78 is 0. The van der Waals surface area contributed by atoms with Gasteiger partial charge in [-0.1, -0.05) is 0 Å². The molecule has 0 aromatic heterocycles. The molecule has 0 bridgehead atoms. The highest BCUT2D eigenvalue weighted by Gasteiger charge is 2.25. The highest BCUT2D eigenvalue weighted by molar-refractivity contribution is 7.98. The van der Waals surface area contributed by atoms with E-state index >= 15 is 0 Å². The van der Waals surface area contributed by atoms with Gasteiger partial charge in [-0.15, -0.1) is 0 Å². The van der Waals surface area contributed by atoms with Crippen molar-refractivity contribution in [3.8, 4) is 0 Å². The van der Waals surface area contributed by atoms with Gasteiger partial charge in [0.2, 0.25) is 17.7 Å². The van der Waals surface area contributed by atoms with E-state index in [4.69, 9.17) is 22.3 Å². The molecule has 0 rings (SSSR count). The first-order valence-electron chi connectivity index (χ1n) is 9.59. The third kappa shape index (κ3) is 13.3. The predicted octanol–water partition coefficient (Wildman–Crippen LogP) is -3.23. The molecule has 3 atom stereocenters. The van der Waals surface area contributed by atoms with Gasteiger partial charge in [0.1, 0.15) is 12.1 Å². The molecule has 32 heavy (non-hydrogen) atoms. The van der Waals surface area contributed by atoms with E-state index in [0.29, 0.717) is 12.2 Å². The van der Waals surface area contributed by atoms with Gasteiger partial charge in [-0.3, -0.25) is 24.2 Å². The lowest BCUT2D eigenvalue weighted by Gasteiger charge is -2.20. The number of hydrogen-bond donors (Lipinski definition) is 8. The Labute approximate surface area is 189 Å². The van der Waals surface area contributed by atoms with Crippen LogP contribution in [-0.2, 0) is 24.0 Å². The number of rotatable bonds is 16. The van der Waals surface area contributed by atoms with E-state index in [1.54, 1.807) is 6.26 Å². The van der Waals surface area contributed by atoms with Crippen molar-refractivity contribution in [1.82, 2.24) is 16.0 Å². The summed E-state index contributed by atoms with van der Waals surface area (Å²) in [4.78, 5) is 62.2. The third-order valence-corrected chi connectivity index (χ3v) is 4.62. The highest BCUT2D eigenvalue weighted by Crippen LogP contribution is 2.03. The molecule has 0 aliphatic carbocycles. The van der Waals surface area contributed by atoms with E-state index in [0.717, 1.165) is 0 Å². The van der Waals surface area contributed by atoms with E-state index in [2.05, 4.69) is 20.9 Å². The van der Waals surface area contributed by atoms with Crippen molar-refractivity contribution in [2.45, 2.75) is 43.8 Å². The zero-order chi connectivity index (χ0) is 24.7. The second-order valence-electron chi connectivity index (χ2n) is 6.67. The Kier molecular flexibility index (Phi) is 14.2. The van der Waals surface area contributed by atoms with E-state index < -0.39 is 60.8 Å². The number of carboxylic acid groups (broad SMARTS) is 2. The van der Waals surface area contributed by atoms with Gasteiger partial charge in [0.25, 0.3) is 0 Å². The Bertz CT molecular complexity index is 701. The average Bonchev–Trinajstić information content (AvgIpc) is 2.70. The standard InChI is InChI=1S/C17H31N7O7S/c1-32-6-4-10(24-14(28)9(18)7-13(26)27)15(29)22-8-12(25)23-11(16(30)31)3-2-5-21-17(19)20/h9-11H,2-8,18H2,1H3,(H,22,29)(H,23,25)(H,24,28)(H,26,27)(H,30,31)(H4,19,20,21). The lowest BCUT2D eigenvalue weighted by atomic mass is 10.1. The maximum absolute atomic E-state index is 12.4. The third-order valence-electron chi connectivity index (χ3n) is 3.98. The van der Waals surface area contributed by atoms with Gasteiger partial charge in [0, 0.05) is 6.54 Å². The van der Waals surface area contributed by atoms with Crippen molar-refractivity contribution in [3.05, 3.63) is 0 Å². The molecule has 0 aromatic rings. The van der Waals surface area contributed by atoms with Crippen LogP contribution in [0.1, 0.15) is 25.7 Å². The van der Waals surface area contributed by atoms with Gasteiger partial charge in [-0.2, -0.15) is 11.8 Å². The first-order valence-corrected chi connectivity index (χ1v) is 11.0. The molecule has 0 aliphatic rings. The van der Waals surface area contributed by atoms with Crippen LogP contribution in [-0.4, -0.2) is 89.1 Å². The minimum atomic E-state index is -1.34. The Morgan fingerprint density at radius 2 is 1.66 bits per heavy atom. The fraction of sp³-hybridized carbons (Fsp3) is 0.647. The summed E-state index contributed by atoms with van der Waals surface area (Å²) >= 11 is 1.41. The van der Waals surface area contributed by atoms with Gasteiger partial charge in [0.15, 0.2) is 5.96 Å². The highest BCUT2D eigenvalue weighted by atomic mass is 32.2. The number of amides is 3. The van der Waals surface area contributed by atoms with Crippen molar-refractivity contribution in [3.63, 3.8) is 0 Å². The molecule has 0 heterocycles. The Hall–Kier alpha value is -3.07. The molecular weight excluding hydrogens is 446 g/mol. The Balaban J connectivity index is 4.77. The van der Waals surface area contributed by atoms with Gasteiger partial charge >= 0.3 is 11.9 Å². The molecule has 3 amide bonds. The second-order valence-corrected chi connectivity index (χ2v) is 7.66. The van der Waals surface area contributed by atoms with Crippen molar-refractivity contribution in [2.75, 3.05) is 25.1 Å². The van der Waals surface area contributed by atoms with Crippen LogP contribution in [0.4, 0.5) is 0 Å². The number of aliphatic carboxylic acids is 2. The van der Waals surface area contributed by atoms with Gasteiger partial charge in [0.05, 0.1) is 19.0 Å².